The largest absolute Gasteiger partial charge is 0.477 e. The van der Waals surface area contributed by atoms with Gasteiger partial charge in [0.05, 0.1) is 6.04 Å². The van der Waals surface area contributed by atoms with Gasteiger partial charge in [0.1, 0.15) is 5.69 Å². The zero-order chi connectivity index (χ0) is 15.0. The van der Waals surface area contributed by atoms with Crippen molar-refractivity contribution < 1.29 is 19.5 Å². The van der Waals surface area contributed by atoms with Crippen molar-refractivity contribution in [1.29, 1.82) is 0 Å². The maximum absolute atomic E-state index is 12.1. The van der Waals surface area contributed by atoms with Gasteiger partial charge in [0.2, 0.25) is 5.91 Å². The molecule has 2 amide bonds. The van der Waals surface area contributed by atoms with E-state index in [2.05, 4.69) is 10.3 Å². The number of hydrogen-bond donors (Lipinski definition) is 2. The Morgan fingerprint density at radius 2 is 2.14 bits per heavy atom. The molecule has 110 valence electrons. The lowest BCUT2D eigenvalue weighted by Gasteiger charge is -2.16. The molecule has 1 aliphatic heterocycles. The molecule has 2 heterocycles. The van der Waals surface area contributed by atoms with E-state index in [1.54, 1.807) is 0 Å². The van der Waals surface area contributed by atoms with Gasteiger partial charge in [0, 0.05) is 30.8 Å². The molecule has 0 aromatic carbocycles. The maximum atomic E-state index is 12.1. The van der Waals surface area contributed by atoms with Gasteiger partial charge in [0.25, 0.3) is 5.91 Å². The Hall–Kier alpha value is -2.44. The van der Waals surface area contributed by atoms with Crippen molar-refractivity contribution in [3.8, 4) is 0 Å². The minimum absolute atomic E-state index is 0.0729. The van der Waals surface area contributed by atoms with E-state index in [9.17, 15) is 14.4 Å². The van der Waals surface area contributed by atoms with E-state index in [0.29, 0.717) is 19.0 Å². The Kier molecular flexibility index (Phi) is 3.32. The first-order valence-corrected chi connectivity index (χ1v) is 6.84. The molecule has 3 rings (SSSR count). The lowest BCUT2D eigenvalue weighted by Crippen LogP contribution is -2.37. The van der Waals surface area contributed by atoms with Crippen molar-refractivity contribution in [3.63, 3.8) is 0 Å². The van der Waals surface area contributed by atoms with Gasteiger partial charge in [-0.05, 0) is 25.0 Å². The average Bonchev–Trinajstić information content (AvgIpc) is 3.23. The van der Waals surface area contributed by atoms with E-state index >= 15 is 0 Å². The summed E-state index contributed by atoms with van der Waals surface area (Å²) < 4.78 is 0. The molecule has 1 unspecified atom stereocenters. The molecule has 7 heteroatoms. The maximum Gasteiger partial charge on any atom is 0.354 e. The highest BCUT2D eigenvalue weighted by atomic mass is 16.4. The molecule has 0 bridgehead atoms. The Balaban J connectivity index is 1.65. The predicted molar refractivity (Wildman–Crippen MR) is 71.8 cm³/mol. The number of pyridine rings is 1. The molecule has 2 aliphatic rings. The number of carbonyl (C=O) groups excluding carboxylic acids is 2. The third kappa shape index (κ3) is 2.86. The van der Waals surface area contributed by atoms with E-state index in [0.717, 1.165) is 12.8 Å². The number of carboxylic acids is 1. The van der Waals surface area contributed by atoms with Crippen molar-refractivity contribution >= 4 is 17.8 Å². The predicted octanol–water partition coefficient (Wildman–Crippen LogP) is 0.273. The number of carboxylic acid groups (broad SMARTS) is 1. The molecule has 2 N–H and O–H groups in total. The third-order valence-electron chi connectivity index (χ3n) is 3.72. The second-order valence-electron chi connectivity index (χ2n) is 5.39. The smallest absolute Gasteiger partial charge is 0.354 e. The summed E-state index contributed by atoms with van der Waals surface area (Å²) in [6, 6.07) is 2.82. The van der Waals surface area contributed by atoms with Gasteiger partial charge in [0.15, 0.2) is 0 Å². The van der Waals surface area contributed by atoms with E-state index in [1.807, 2.05) is 4.90 Å². The van der Waals surface area contributed by atoms with E-state index < -0.39 is 5.97 Å². The summed E-state index contributed by atoms with van der Waals surface area (Å²) in [5.74, 6) is -1.49. The van der Waals surface area contributed by atoms with Crippen molar-refractivity contribution in [1.82, 2.24) is 15.2 Å². The SMILES string of the molecule is O=C(NC1CC(=O)N(C2CC2)C1)c1ccnc(C(=O)O)c1. The molecule has 2 fully saturated rings. The number of nitrogens with zero attached hydrogens (tertiary/aromatic N) is 2. The van der Waals surface area contributed by atoms with E-state index in [-0.39, 0.29) is 29.1 Å². The van der Waals surface area contributed by atoms with Crippen molar-refractivity contribution in [2.24, 2.45) is 0 Å². The summed E-state index contributed by atoms with van der Waals surface area (Å²) in [5.41, 5.74) is 0.0597. The minimum atomic E-state index is -1.18. The summed E-state index contributed by atoms with van der Waals surface area (Å²) in [6.45, 7) is 0.534. The average molecular weight is 289 g/mol. The Bertz CT molecular complexity index is 612. The van der Waals surface area contributed by atoms with Gasteiger partial charge >= 0.3 is 5.97 Å². The summed E-state index contributed by atoms with van der Waals surface area (Å²) in [7, 11) is 0. The number of hydrogen-bond acceptors (Lipinski definition) is 4. The van der Waals surface area contributed by atoms with Gasteiger partial charge in [-0.3, -0.25) is 9.59 Å². The van der Waals surface area contributed by atoms with E-state index in [4.69, 9.17) is 5.11 Å². The van der Waals surface area contributed by atoms with Crippen LogP contribution in [-0.2, 0) is 4.79 Å². The number of nitrogens with one attached hydrogen (secondary N) is 1. The van der Waals surface area contributed by atoms with Crippen molar-refractivity contribution in [2.45, 2.75) is 31.3 Å². The fraction of sp³-hybridized carbons (Fsp3) is 0.429. The number of carbonyl (C=O) groups is 3. The first-order chi connectivity index (χ1) is 10.0. The first kappa shape index (κ1) is 13.5. The fourth-order valence-electron chi connectivity index (χ4n) is 2.52. The topological polar surface area (TPSA) is 99.6 Å². The molecule has 0 spiro atoms. The van der Waals surface area contributed by atoms with Gasteiger partial charge in [-0.1, -0.05) is 0 Å². The zero-order valence-electron chi connectivity index (χ0n) is 11.3. The summed E-state index contributed by atoms with van der Waals surface area (Å²) in [5, 5.41) is 11.6. The highest BCUT2D eigenvalue weighted by Gasteiger charge is 2.39. The number of aromatic nitrogens is 1. The Morgan fingerprint density at radius 3 is 2.81 bits per heavy atom. The molecular formula is C14H15N3O4. The molecule has 1 saturated heterocycles. The highest BCUT2D eigenvalue weighted by molar-refractivity contribution is 5.97. The molecule has 1 aromatic rings. The van der Waals surface area contributed by atoms with Crippen molar-refractivity contribution in [3.05, 3.63) is 29.6 Å². The lowest BCUT2D eigenvalue weighted by atomic mass is 10.2. The molecule has 7 nitrogen and oxygen atoms in total. The standard InChI is InChI=1S/C14H15N3O4/c18-12-6-9(7-17(12)10-1-2-10)16-13(19)8-3-4-15-11(5-8)14(20)21/h3-5,9-10H,1-2,6-7H2,(H,16,19)(H,20,21). The normalized spacial score (nSPS) is 21.4. The second kappa shape index (κ2) is 5.16. The van der Waals surface area contributed by atoms with Gasteiger partial charge in [-0.2, -0.15) is 0 Å². The zero-order valence-corrected chi connectivity index (χ0v) is 11.3. The van der Waals surface area contributed by atoms with Crippen molar-refractivity contribution in [2.75, 3.05) is 6.54 Å². The monoisotopic (exact) mass is 289 g/mol. The van der Waals surface area contributed by atoms with Crippen LogP contribution in [0.25, 0.3) is 0 Å². The molecule has 1 aromatic heterocycles. The number of likely N-dealkylation sites (tertiary alicyclic amines) is 1. The fourth-order valence-corrected chi connectivity index (χ4v) is 2.52. The van der Waals surface area contributed by atoms with Crippen LogP contribution in [0.15, 0.2) is 18.3 Å². The first-order valence-electron chi connectivity index (χ1n) is 6.84. The number of amides is 2. The van der Waals surface area contributed by atoms with Gasteiger partial charge in [-0.15, -0.1) is 0 Å². The van der Waals surface area contributed by atoms with E-state index in [1.165, 1.54) is 18.3 Å². The summed E-state index contributed by atoms with van der Waals surface area (Å²) in [6.07, 6.45) is 3.67. The molecule has 21 heavy (non-hydrogen) atoms. The van der Waals surface area contributed by atoms with Crippen LogP contribution in [0.4, 0.5) is 0 Å². The Labute approximate surface area is 121 Å². The van der Waals surface area contributed by atoms with Crippen LogP contribution in [-0.4, -0.2) is 51.4 Å². The molecular weight excluding hydrogens is 274 g/mol. The van der Waals surface area contributed by atoms with Crippen LogP contribution in [0.3, 0.4) is 0 Å². The van der Waals surface area contributed by atoms with Crippen LogP contribution in [0.1, 0.15) is 40.1 Å². The van der Waals surface area contributed by atoms with Crippen LogP contribution in [0.2, 0.25) is 0 Å². The van der Waals surface area contributed by atoms with Crippen LogP contribution in [0.5, 0.6) is 0 Å². The quantitative estimate of drug-likeness (QED) is 0.829. The Morgan fingerprint density at radius 1 is 1.38 bits per heavy atom. The summed E-state index contributed by atoms with van der Waals surface area (Å²) >= 11 is 0. The third-order valence-corrected chi connectivity index (χ3v) is 3.72. The minimum Gasteiger partial charge on any atom is -0.477 e. The highest BCUT2D eigenvalue weighted by Crippen LogP contribution is 2.30. The van der Waals surface area contributed by atoms with Gasteiger partial charge in [-0.25, -0.2) is 9.78 Å². The molecule has 1 saturated carbocycles. The second-order valence-corrected chi connectivity index (χ2v) is 5.39. The number of rotatable bonds is 4. The van der Waals surface area contributed by atoms with Crippen LogP contribution in [0, 0.1) is 0 Å². The van der Waals surface area contributed by atoms with Crippen LogP contribution < -0.4 is 5.32 Å². The van der Waals surface area contributed by atoms with Crippen LogP contribution >= 0.6 is 0 Å². The van der Waals surface area contributed by atoms with Gasteiger partial charge < -0.3 is 15.3 Å². The molecule has 1 aliphatic carbocycles. The molecule has 1 atom stereocenters. The molecule has 0 radical (unpaired) electrons. The number of aromatic carboxylic acids is 1. The lowest BCUT2D eigenvalue weighted by molar-refractivity contribution is -0.128. The summed E-state index contributed by atoms with van der Waals surface area (Å²) in [4.78, 5) is 40.3.